The minimum atomic E-state index is -4.86. The number of aromatic nitrogens is 3. The van der Waals surface area contributed by atoms with Crippen LogP contribution in [0.15, 0.2) is 24.5 Å². The Bertz CT molecular complexity index is 748. The first-order valence-corrected chi connectivity index (χ1v) is 7.50. The lowest BCUT2D eigenvalue weighted by atomic mass is 10.1. The Morgan fingerprint density at radius 2 is 2.16 bits per heavy atom. The Balaban J connectivity index is 1.58. The maximum atomic E-state index is 13.3. The van der Waals surface area contributed by atoms with Crippen molar-refractivity contribution in [2.75, 3.05) is 6.54 Å². The lowest BCUT2D eigenvalue weighted by Crippen LogP contribution is -2.32. The monoisotopic (exact) mass is 358 g/mol. The summed E-state index contributed by atoms with van der Waals surface area (Å²) in [5.41, 5.74) is -1.74. The number of H-pyrrole nitrogens is 1. The molecule has 10 heteroatoms. The fourth-order valence-corrected chi connectivity index (χ4v) is 2.62. The first-order chi connectivity index (χ1) is 11.8. The van der Waals surface area contributed by atoms with Gasteiger partial charge in [-0.05, 0) is 31.0 Å². The summed E-state index contributed by atoms with van der Waals surface area (Å²) in [4.78, 5) is 16.0. The van der Waals surface area contributed by atoms with Crippen molar-refractivity contribution in [2.24, 2.45) is 0 Å². The van der Waals surface area contributed by atoms with E-state index in [9.17, 15) is 22.4 Å². The van der Waals surface area contributed by atoms with Gasteiger partial charge in [-0.15, -0.1) is 0 Å². The van der Waals surface area contributed by atoms with Crippen LogP contribution in [0.1, 0.15) is 40.7 Å². The van der Waals surface area contributed by atoms with Crippen LogP contribution < -0.4 is 5.32 Å². The van der Waals surface area contributed by atoms with Gasteiger partial charge in [-0.25, -0.2) is 9.37 Å². The third-order valence-electron chi connectivity index (χ3n) is 3.87. The largest absolute Gasteiger partial charge is 0.419 e. The standard InChI is InChI=1S/C15H14F4N4O2/c16-11-3-1-8(5-10(11)15(17,18)19)14(24)20-6-9-2-4-12(25-9)13-21-7-22-23-13/h1,3,5,7,9,12H,2,4,6H2,(H,20,24)(H,21,22,23)/t9-,12+/m1/s1. The van der Waals surface area contributed by atoms with Crippen molar-refractivity contribution in [1.82, 2.24) is 20.5 Å². The Labute approximate surface area is 139 Å². The molecule has 1 aliphatic rings. The van der Waals surface area contributed by atoms with E-state index in [4.69, 9.17) is 4.74 Å². The van der Waals surface area contributed by atoms with Gasteiger partial charge in [-0.1, -0.05) is 0 Å². The molecule has 1 saturated heterocycles. The maximum absolute atomic E-state index is 13.3. The van der Waals surface area contributed by atoms with Crippen LogP contribution in [-0.2, 0) is 10.9 Å². The number of halogens is 4. The van der Waals surface area contributed by atoms with Gasteiger partial charge in [-0.2, -0.15) is 18.3 Å². The molecule has 2 aromatic rings. The molecule has 1 aliphatic heterocycles. The quantitative estimate of drug-likeness (QED) is 0.824. The molecule has 6 nitrogen and oxygen atoms in total. The van der Waals surface area contributed by atoms with Gasteiger partial charge >= 0.3 is 6.18 Å². The minimum absolute atomic E-state index is 0.127. The lowest BCUT2D eigenvalue weighted by molar-refractivity contribution is -0.140. The van der Waals surface area contributed by atoms with Crippen molar-refractivity contribution in [3.63, 3.8) is 0 Å². The normalized spacial score (nSPS) is 20.6. The molecule has 1 fully saturated rings. The number of carbonyl (C=O) groups is 1. The van der Waals surface area contributed by atoms with E-state index in [-0.39, 0.29) is 24.3 Å². The summed E-state index contributed by atoms with van der Waals surface area (Å²) in [6, 6.07) is 2.13. The summed E-state index contributed by atoms with van der Waals surface area (Å²) in [6.07, 6.45) is -2.71. The minimum Gasteiger partial charge on any atom is -0.365 e. The molecular formula is C15H14F4N4O2. The maximum Gasteiger partial charge on any atom is 0.419 e. The number of rotatable bonds is 4. The average molecular weight is 358 g/mol. The van der Waals surface area contributed by atoms with E-state index in [1.807, 2.05) is 0 Å². The zero-order valence-electron chi connectivity index (χ0n) is 12.8. The molecule has 0 bridgehead atoms. The molecule has 3 rings (SSSR count). The number of nitrogens with zero attached hydrogens (tertiary/aromatic N) is 2. The molecule has 2 N–H and O–H groups in total. The van der Waals surface area contributed by atoms with Crippen molar-refractivity contribution < 1.29 is 27.1 Å². The third-order valence-corrected chi connectivity index (χ3v) is 3.87. The number of benzene rings is 1. The molecule has 0 aliphatic carbocycles. The van der Waals surface area contributed by atoms with Crippen molar-refractivity contribution in [2.45, 2.75) is 31.2 Å². The highest BCUT2D eigenvalue weighted by Crippen LogP contribution is 2.32. The average Bonchev–Trinajstić information content (AvgIpc) is 3.23. The number of carbonyl (C=O) groups excluding carboxylic acids is 1. The summed E-state index contributed by atoms with van der Waals surface area (Å²) >= 11 is 0. The van der Waals surface area contributed by atoms with Crippen molar-refractivity contribution in [1.29, 1.82) is 0 Å². The predicted molar refractivity (Wildman–Crippen MR) is 77.0 cm³/mol. The molecule has 2 atom stereocenters. The number of amides is 1. The molecular weight excluding hydrogens is 344 g/mol. The molecule has 0 radical (unpaired) electrons. The number of nitrogens with one attached hydrogen (secondary N) is 2. The van der Waals surface area contributed by atoms with Crippen LogP contribution >= 0.6 is 0 Å². The van der Waals surface area contributed by atoms with Gasteiger partial charge in [0.05, 0.1) is 11.7 Å². The van der Waals surface area contributed by atoms with Crippen molar-refractivity contribution in [3.05, 3.63) is 47.3 Å². The van der Waals surface area contributed by atoms with Crippen LogP contribution in [0.5, 0.6) is 0 Å². The molecule has 134 valence electrons. The predicted octanol–water partition coefficient (Wildman–Crippen LogP) is 2.61. The number of aromatic amines is 1. The second-order valence-electron chi connectivity index (χ2n) is 5.60. The molecule has 1 aromatic carbocycles. The summed E-state index contributed by atoms with van der Waals surface area (Å²) in [7, 11) is 0. The van der Waals surface area contributed by atoms with E-state index < -0.39 is 23.5 Å². The first-order valence-electron chi connectivity index (χ1n) is 7.50. The summed E-state index contributed by atoms with van der Waals surface area (Å²) in [5.74, 6) is -1.56. The van der Waals surface area contributed by atoms with Crippen LogP contribution in [0.25, 0.3) is 0 Å². The highest BCUT2D eigenvalue weighted by Gasteiger charge is 2.35. The smallest absolute Gasteiger partial charge is 0.365 e. The van der Waals surface area contributed by atoms with Crippen molar-refractivity contribution >= 4 is 5.91 Å². The van der Waals surface area contributed by atoms with Crippen LogP contribution in [0.4, 0.5) is 17.6 Å². The number of ether oxygens (including phenoxy) is 1. The Morgan fingerprint density at radius 3 is 2.84 bits per heavy atom. The third kappa shape index (κ3) is 3.95. The van der Waals surface area contributed by atoms with Gasteiger partial charge in [0.1, 0.15) is 18.2 Å². The van der Waals surface area contributed by atoms with Gasteiger partial charge in [0.15, 0.2) is 5.82 Å². The van der Waals surface area contributed by atoms with Gasteiger partial charge in [0.2, 0.25) is 0 Å². The van der Waals surface area contributed by atoms with E-state index in [0.717, 1.165) is 6.07 Å². The van der Waals surface area contributed by atoms with Gasteiger partial charge in [0, 0.05) is 12.1 Å². The zero-order valence-corrected chi connectivity index (χ0v) is 12.8. The second kappa shape index (κ2) is 6.79. The fraction of sp³-hybridized carbons (Fsp3) is 0.400. The number of hydrogen-bond donors (Lipinski definition) is 2. The lowest BCUT2D eigenvalue weighted by Gasteiger charge is -2.14. The van der Waals surface area contributed by atoms with E-state index in [0.29, 0.717) is 30.8 Å². The van der Waals surface area contributed by atoms with Crippen LogP contribution in [-0.4, -0.2) is 33.7 Å². The van der Waals surface area contributed by atoms with Crippen molar-refractivity contribution in [3.8, 4) is 0 Å². The Kier molecular flexibility index (Phi) is 4.71. The molecule has 0 saturated carbocycles. The van der Waals surface area contributed by atoms with Crippen LogP contribution in [0, 0.1) is 5.82 Å². The zero-order chi connectivity index (χ0) is 18.0. The van der Waals surface area contributed by atoms with Crippen LogP contribution in [0.2, 0.25) is 0 Å². The first kappa shape index (κ1) is 17.3. The topological polar surface area (TPSA) is 79.9 Å². The fourth-order valence-electron chi connectivity index (χ4n) is 2.62. The molecule has 1 amide bonds. The van der Waals surface area contributed by atoms with Gasteiger partial charge < -0.3 is 10.1 Å². The molecule has 0 unspecified atom stereocenters. The van der Waals surface area contributed by atoms with E-state index in [1.54, 1.807) is 0 Å². The van der Waals surface area contributed by atoms with Gasteiger partial charge in [0.25, 0.3) is 5.91 Å². The molecule has 2 heterocycles. The summed E-state index contributed by atoms with van der Waals surface area (Å²) < 4.78 is 57.0. The Hall–Kier alpha value is -2.49. The highest BCUT2D eigenvalue weighted by atomic mass is 19.4. The van der Waals surface area contributed by atoms with E-state index >= 15 is 0 Å². The molecule has 25 heavy (non-hydrogen) atoms. The molecule has 1 aromatic heterocycles. The number of alkyl halides is 3. The van der Waals surface area contributed by atoms with Crippen LogP contribution in [0.3, 0.4) is 0 Å². The summed E-state index contributed by atoms with van der Waals surface area (Å²) in [6.45, 7) is 0.127. The SMILES string of the molecule is O=C(NC[C@H]1CC[C@@H](c2ncn[nH]2)O1)c1ccc(F)c(C(F)(F)F)c1. The second-order valence-corrected chi connectivity index (χ2v) is 5.60. The van der Waals surface area contributed by atoms with E-state index in [2.05, 4.69) is 20.5 Å². The summed E-state index contributed by atoms with van der Waals surface area (Å²) in [5, 5.41) is 8.94. The molecule has 0 spiro atoms. The Morgan fingerprint density at radius 1 is 1.36 bits per heavy atom. The highest BCUT2D eigenvalue weighted by molar-refractivity contribution is 5.94. The van der Waals surface area contributed by atoms with E-state index in [1.165, 1.54) is 6.33 Å². The van der Waals surface area contributed by atoms with Gasteiger partial charge in [-0.3, -0.25) is 9.89 Å². The number of hydrogen-bond acceptors (Lipinski definition) is 4.